The minimum Gasteiger partial charge on any atom is -0.387 e. The summed E-state index contributed by atoms with van der Waals surface area (Å²) in [6.45, 7) is 4.63. The second-order valence-electron chi connectivity index (χ2n) is 7.21. The molecule has 1 aromatic heterocycles. The minimum absolute atomic E-state index is 0.0848. The van der Waals surface area contributed by atoms with Gasteiger partial charge in [0.2, 0.25) is 5.91 Å². The molecule has 3 rings (SSSR count). The Labute approximate surface area is 160 Å². The Bertz CT molecular complexity index is 711. The van der Waals surface area contributed by atoms with Gasteiger partial charge in [-0.1, -0.05) is 30.3 Å². The first-order chi connectivity index (χ1) is 13.1. The first-order valence-electron chi connectivity index (χ1n) is 9.60. The maximum atomic E-state index is 12.2. The number of β-amino-alcohol motifs (C(OH)–C–C–N with tert-alkyl or cyclic N) is 1. The molecule has 1 N–H and O–H groups in total. The number of benzene rings is 1. The van der Waals surface area contributed by atoms with Crippen molar-refractivity contribution in [2.24, 2.45) is 0 Å². The Morgan fingerprint density at radius 1 is 1.22 bits per heavy atom. The molecule has 0 radical (unpaired) electrons. The molecule has 2 atom stereocenters. The van der Waals surface area contributed by atoms with Crippen molar-refractivity contribution in [3.8, 4) is 0 Å². The van der Waals surface area contributed by atoms with Gasteiger partial charge in [0.05, 0.1) is 6.10 Å². The van der Waals surface area contributed by atoms with Crippen molar-refractivity contribution in [2.75, 3.05) is 19.6 Å². The summed E-state index contributed by atoms with van der Waals surface area (Å²) < 4.78 is 0. The lowest BCUT2D eigenvalue weighted by molar-refractivity contribution is -0.132. The summed E-state index contributed by atoms with van der Waals surface area (Å²) in [5.74, 6) is 0.0848. The van der Waals surface area contributed by atoms with Gasteiger partial charge in [0.25, 0.3) is 0 Å². The van der Waals surface area contributed by atoms with E-state index >= 15 is 0 Å². The average molecular weight is 368 g/mol. The van der Waals surface area contributed by atoms with E-state index in [2.05, 4.69) is 14.9 Å². The molecule has 27 heavy (non-hydrogen) atoms. The number of aliphatic hydroxyl groups excluding tert-OH is 1. The van der Waals surface area contributed by atoms with Crippen LogP contribution in [0, 0.1) is 0 Å². The molecule has 1 aromatic carbocycles. The van der Waals surface area contributed by atoms with Crippen LogP contribution in [0.1, 0.15) is 43.4 Å². The molecule has 0 saturated carbocycles. The highest BCUT2D eigenvalue weighted by Gasteiger charge is 2.25. The number of carbonyl (C=O) groups is 1. The van der Waals surface area contributed by atoms with Crippen LogP contribution in [-0.4, -0.2) is 56.5 Å². The number of likely N-dealkylation sites (tertiary alicyclic amines) is 1. The summed E-state index contributed by atoms with van der Waals surface area (Å²) in [5, 5.41) is 10.5. The van der Waals surface area contributed by atoms with Crippen LogP contribution in [0.4, 0.5) is 0 Å². The zero-order valence-corrected chi connectivity index (χ0v) is 15.9. The standard InChI is InChI=1S/C21H28N4O2/c1-17(26)25(14-18-12-22-16-23-13-18)20-8-5-10-24(11-9-20)15-21(27)19-6-3-2-4-7-19/h2-4,6-7,12-13,16,20-21,27H,5,8-11,14-15H2,1H3/t20-,21+/m0/s1. The van der Waals surface area contributed by atoms with Crippen LogP contribution in [0.5, 0.6) is 0 Å². The second kappa shape index (κ2) is 9.58. The van der Waals surface area contributed by atoms with E-state index in [4.69, 9.17) is 0 Å². The molecule has 2 heterocycles. The molecule has 2 aromatic rings. The van der Waals surface area contributed by atoms with Gasteiger partial charge in [-0.25, -0.2) is 9.97 Å². The molecular formula is C21H28N4O2. The fourth-order valence-corrected chi connectivity index (χ4v) is 3.76. The first-order valence-corrected chi connectivity index (χ1v) is 9.60. The van der Waals surface area contributed by atoms with Gasteiger partial charge in [0.1, 0.15) is 6.33 Å². The summed E-state index contributed by atoms with van der Waals surface area (Å²) in [6.07, 6.45) is 7.46. The van der Waals surface area contributed by atoms with Crippen molar-refractivity contribution in [3.05, 3.63) is 60.2 Å². The maximum Gasteiger partial charge on any atom is 0.219 e. The van der Waals surface area contributed by atoms with Crippen LogP contribution in [0.2, 0.25) is 0 Å². The van der Waals surface area contributed by atoms with Crippen LogP contribution < -0.4 is 0 Å². The average Bonchev–Trinajstić information content (AvgIpc) is 2.93. The van der Waals surface area contributed by atoms with Crippen molar-refractivity contribution in [1.82, 2.24) is 19.8 Å². The third-order valence-electron chi connectivity index (χ3n) is 5.22. The van der Waals surface area contributed by atoms with Crippen molar-refractivity contribution in [1.29, 1.82) is 0 Å². The molecule has 6 heteroatoms. The highest BCUT2D eigenvalue weighted by molar-refractivity contribution is 5.73. The molecule has 0 spiro atoms. The van der Waals surface area contributed by atoms with E-state index in [-0.39, 0.29) is 11.9 Å². The number of carbonyl (C=O) groups excluding carboxylic acids is 1. The van der Waals surface area contributed by atoms with Crippen molar-refractivity contribution >= 4 is 5.91 Å². The summed E-state index contributed by atoms with van der Waals surface area (Å²) in [5.41, 5.74) is 1.90. The fourth-order valence-electron chi connectivity index (χ4n) is 3.76. The van der Waals surface area contributed by atoms with E-state index < -0.39 is 6.10 Å². The van der Waals surface area contributed by atoms with Gasteiger partial charge < -0.3 is 14.9 Å². The smallest absolute Gasteiger partial charge is 0.219 e. The van der Waals surface area contributed by atoms with E-state index in [1.165, 1.54) is 6.33 Å². The Morgan fingerprint density at radius 3 is 2.67 bits per heavy atom. The molecule has 1 aliphatic heterocycles. The molecule has 1 saturated heterocycles. The Kier molecular flexibility index (Phi) is 6.90. The van der Waals surface area contributed by atoms with Gasteiger partial charge in [-0.15, -0.1) is 0 Å². The second-order valence-corrected chi connectivity index (χ2v) is 7.21. The Morgan fingerprint density at radius 2 is 1.96 bits per heavy atom. The van der Waals surface area contributed by atoms with E-state index in [1.54, 1.807) is 19.3 Å². The maximum absolute atomic E-state index is 12.2. The van der Waals surface area contributed by atoms with E-state index in [0.717, 1.165) is 43.5 Å². The normalized spacial score (nSPS) is 19.3. The number of amides is 1. The zero-order chi connectivity index (χ0) is 19.1. The number of aliphatic hydroxyl groups is 1. The van der Waals surface area contributed by atoms with Crippen molar-refractivity contribution in [3.63, 3.8) is 0 Å². The minimum atomic E-state index is -0.479. The van der Waals surface area contributed by atoms with Crippen LogP contribution in [-0.2, 0) is 11.3 Å². The number of aromatic nitrogens is 2. The number of hydrogen-bond acceptors (Lipinski definition) is 5. The van der Waals surface area contributed by atoms with Gasteiger partial charge in [-0.05, 0) is 31.4 Å². The van der Waals surface area contributed by atoms with E-state index in [0.29, 0.717) is 13.1 Å². The predicted octanol–water partition coefficient (Wildman–Crippen LogP) is 2.41. The van der Waals surface area contributed by atoms with Crippen LogP contribution in [0.3, 0.4) is 0 Å². The van der Waals surface area contributed by atoms with Crippen LogP contribution in [0.25, 0.3) is 0 Å². The third-order valence-corrected chi connectivity index (χ3v) is 5.22. The molecule has 144 valence electrons. The molecule has 1 amide bonds. The highest BCUT2D eigenvalue weighted by atomic mass is 16.3. The molecular weight excluding hydrogens is 340 g/mol. The fraction of sp³-hybridized carbons (Fsp3) is 0.476. The van der Waals surface area contributed by atoms with Crippen LogP contribution >= 0.6 is 0 Å². The highest BCUT2D eigenvalue weighted by Crippen LogP contribution is 2.21. The van der Waals surface area contributed by atoms with Gasteiger partial charge in [0.15, 0.2) is 0 Å². The zero-order valence-electron chi connectivity index (χ0n) is 15.9. The predicted molar refractivity (Wildman–Crippen MR) is 104 cm³/mol. The lowest BCUT2D eigenvalue weighted by Gasteiger charge is -2.30. The lowest BCUT2D eigenvalue weighted by Crippen LogP contribution is -2.39. The number of nitrogens with zero attached hydrogens (tertiary/aromatic N) is 4. The number of rotatable bonds is 6. The molecule has 1 aliphatic rings. The third kappa shape index (κ3) is 5.58. The molecule has 6 nitrogen and oxygen atoms in total. The molecule has 1 fully saturated rings. The molecule has 0 unspecified atom stereocenters. The van der Waals surface area contributed by atoms with Crippen molar-refractivity contribution in [2.45, 2.75) is 44.9 Å². The first kappa shape index (κ1) is 19.5. The summed E-state index contributed by atoms with van der Waals surface area (Å²) in [6, 6.07) is 10.0. The largest absolute Gasteiger partial charge is 0.387 e. The Hall–Kier alpha value is -2.31. The van der Waals surface area contributed by atoms with Gasteiger partial charge in [-0.3, -0.25) is 4.79 Å². The monoisotopic (exact) mass is 368 g/mol. The van der Waals surface area contributed by atoms with Gasteiger partial charge in [-0.2, -0.15) is 0 Å². The van der Waals surface area contributed by atoms with Crippen LogP contribution in [0.15, 0.2) is 49.1 Å². The molecule has 0 bridgehead atoms. The summed E-state index contributed by atoms with van der Waals surface area (Å²) in [4.78, 5) is 24.6. The lowest BCUT2D eigenvalue weighted by atomic mass is 10.1. The SMILES string of the molecule is CC(=O)N(Cc1cncnc1)[C@H]1CCCN(C[C@@H](O)c2ccccc2)CC1. The number of hydrogen-bond donors (Lipinski definition) is 1. The van der Waals surface area contributed by atoms with Gasteiger partial charge >= 0.3 is 0 Å². The van der Waals surface area contributed by atoms with E-state index in [9.17, 15) is 9.90 Å². The summed E-state index contributed by atoms with van der Waals surface area (Å²) in [7, 11) is 0. The van der Waals surface area contributed by atoms with Crippen molar-refractivity contribution < 1.29 is 9.90 Å². The summed E-state index contributed by atoms with van der Waals surface area (Å²) >= 11 is 0. The van der Waals surface area contributed by atoms with Gasteiger partial charge in [0, 0.05) is 50.6 Å². The Balaban J connectivity index is 1.58. The topological polar surface area (TPSA) is 69.6 Å². The molecule has 0 aliphatic carbocycles. The van der Waals surface area contributed by atoms with E-state index in [1.807, 2.05) is 35.2 Å². The quantitative estimate of drug-likeness (QED) is 0.848.